The molecule has 0 atom stereocenters. The summed E-state index contributed by atoms with van der Waals surface area (Å²) >= 11 is 0. The molecule has 7 nitrogen and oxygen atoms in total. The number of rotatable bonds is 10. The number of amides is 1. The van der Waals surface area contributed by atoms with Crippen LogP contribution in [0.3, 0.4) is 0 Å². The Kier molecular flexibility index (Phi) is 7.50. The summed E-state index contributed by atoms with van der Waals surface area (Å²) in [6.45, 7) is 7.86. The van der Waals surface area contributed by atoms with Gasteiger partial charge in [-0.2, -0.15) is 0 Å². The van der Waals surface area contributed by atoms with Crippen LogP contribution >= 0.6 is 0 Å². The van der Waals surface area contributed by atoms with E-state index >= 15 is 0 Å². The minimum atomic E-state index is -3.44. The number of sulfonamides is 1. The molecule has 2 aromatic carbocycles. The van der Waals surface area contributed by atoms with Crippen LogP contribution in [0.25, 0.3) is 0 Å². The Bertz CT molecular complexity index is 1200. The molecule has 0 aliphatic rings. The van der Waals surface area contributed by atoms with Crippen LogP contribution in [0.2, 0.25) is 0 Å². The second-order valence-electron chi connectivity index (χ2n) is 7.37. The molecule has 0 radical (unpaired) electrons. The van der Waals surface area contributed by atoms with Crippen LogP contribution in [0.4, 0.5) is 5.69 Å². The normalized spacial score (nSPS) is 11.2. The predicted molar refractivity (Wildman–Crippen MR) is 124 cm³/mol. The zero-order chi connectivity index (χ0) is 23.1. The molecule has 0 aliphatic carbocycles. The Hall–Kier alpha value is -3.36. The minimum absolute atomic E-state index is 0.156. The molecule has 0 fully saturated rings. The lowest BCUT2D eigenvalue weighted by Crippen LogP contribution is -2.25. The Morgan fingerprint density at radius 1 is 1.09 bits per heavy atom. The van der Waals surface area contributed by atoms with E-state index in [0.717, 1.165) is 16.9 Å². The number of benzene rings is 2. The van der Waals surface area contributed by atoms with Crippen LogP contribution in [0.1, 0.15) is 33.0 Å². The van der Waals surface area contributed by atoms with E-state index in [0.29, 0.717) is 17.0 Å². The quantitative estimate of drug-likeness (QED) is 0.444. The minimum Gasteiger partial charge on any atom is -0.485 e. The lowest BCUT2D eigenvalue weighted by atomic mass is 10.1. The van der Waals surface area contributed by atoms with Gasteiger partial charge in [-0.1, -0.05) is 35.9 Å². The first-order chi connectivity index (χ1) is 15.3. The summed E-state index contributed by atoms with van der Waals surface area (Å²) in [6, 6.07) is 15.8. The lowest BCUT2D eigenvalue weighted by molar-refractivity contribution is 0.0992. The fourth-order valence-electron chi connectivity index (χ4n) is 3.02. The zero-order valence-corrected chi connectivity index (χ0v) is 18.9. The Morgan fingerprint density at radius 3 is 2.53 bits per heavy atom. The number of nitrogens with one attached hydrogen (secondary N) is 2. The van der Waals surface area contributed by atoms with Crippen molar-refractivity contribution in [3.05, 3.63) is 95.5 Å². The SMILES string of the molecule is C=CCNS(=O)(=O)Cc1ccc(NC(=O)c2ccc(COc3ccc(C)cc3C)o2)cc1. The second kappa shape index (κ2) is 10.3. The first-order valence-corrected chi connectivity index (χ1v) is 11.7. The Balaban J connectivity index is 1.56. The van der Waals surface area contributed by atoms with Crippen molar-refractivity contribution in [1.82, 2.24) is 4.72 Å². The molecular formula is C24H26N2O5S. The summed E-state index contributed by atoms with van der Waals surface area (Å²) in [5.74, 6) is 0.889. The van der Waals surface area contributed by atoms with Crippen LogP contribution in [-0.2, 0) is 22.4 Å². The molecule has 0 saturated carbocycles. The van der Waals surface area contributed by atoms with Gasteiger partial charge in [0.1, 0.15) is 18.1 Å². The molecule has 0 unspecified atom stereocenters. The summed E-state index contributed by atoms with van der Waals surface area (Å²) in [6.07, 6.45) is 1.48. The van der Waals surface area contributed by atoms with E-state index in [1.54, 1.807) is 36.4 Å². The highest BCUT2D eigenvalue weighted by Gasteiger charge is 2.14. The average molecular weight is 455 g/mol. The number of carbonyl (C=O) groups excluding carboxylic acids is 1. The van der Waals surface area contributed by atoms with Gasteiger partial charge in [-0.15, -0.1) is 6.58 Å². The number of aryl methyl sites for hydroxylation is 2. The molecular weight excluding hydrogens is 428 g/mol. The van der Waals surface area contributed by atoms with Crippen molar-refractivity contribution in [1.29, 1.82) is 0 Å². The van der Waals surface area contributed by atoms with Gasteiger partial charge in [0, 0.05) is 12.2 Å². The molecule has 0 aliphatic heterocycles. The van der Waals surface area contributed by atoms with Crippen LogP contribution in [0, 0.1) is 13.8 Å². The number of anilines is 1. The van der Waals surface area contributed by atoms with E-state index in [2.05, 4.69) is 16.6 Å². The third kappa shape index (κ3) is 6.57. The third-order valence-electron chi connectivity index (χ3n) is 4.60. The van der Waals surface area contributed by atoms with Gasteiger partial charge in [-0.25, -0.2) is 13.1 Å². The zero-order valence-electron chi connectivity index (χ0n) is 18.1. The van der Waals surface area contributed by atoms with Crippen molar-refractivity contribution in [3.63, 3.8) is 0 Å². The van der Waals surface area contributed by atoms with E-state index in [4.69, 9.17) is 9.15 Å². The van der Waals surface area contributed by atoms with Gasteiger partial charge in [-0.05, 0) is 55.3 Å². The largest absolute Gasteiger partial charge is 0.485 e. The standard InChI is InChI=1S/C24H26N2O5S/c1-4-13-25-32(28,29)16-19-6-8-20(9-7-19)26-24(27)23-12-10-21(31-23)15-30-22-11-5-17(2)14-18(22)3/h4-12,14,25H,1,13,15-16H2,2-3H3,(H,26,27). The molecule has 168 valence electrons. The van der Waals surface area contributed by atoms with E-state index in [1.165, 1.54) is 6.08 Å². The summed E-state index contributed by atoms with van der Waals surface area (Å²) in [5.41, 5.74) is 3.32. The highest BCUT2D eigenvalue weighted by molar-refractivity contribution is 7.88. The van der Waals surface area contributed by atoms with Gasteiger partial charge in [0.05, 0.1) is 5.75 Å². The van der Waals surface area contributed by atoms with Crippen molar-refractivity contribution in [2.24, 2.45) is 0 Å². The summed E-state index contributed by atoms with van der Waals surface area (Å²) in [4.78, 5) is 12.5. The first kappa shape index (κ1) is 23.3. The summed E-state index contributed by atoms with van der Waals surface area (Å²) in [7, 11) is -3.44. The highest BCUT2D eigenvalue weighted by atomic mass is 32.2. The van der Waals surface area contributed by atoms with Gasteiger partial charge < -0.3 is 14.5 Å². The predicted octanol–water partition coefficient (Wildman–Crippen LogP) is 4.33. The smallest absolute Gasteiger partial charge is 0.291 e. The number of hydrogen-bond acceptors (Lipinski definition) is 5. The highest BCUT2D eigenvalue weighted by Crippen LogP contribution is 2.21. The fourth-order valence-corrected chi connectivity index (χ4v) is 4.13. The molecule has 8 heteroatoms. The average Bonchev–Trinajstić information content (AvgIpc) is 3.22. The number of ether oxygens (including phenoxy) is 1. The monoisotopic (exact) mass is 454 g/mol. The van der Waals surface area contributed by atoms with Crippen LogP contribution in [0.5, 0.6) is 5.75 Å². The van der Waals surface area contributed by atoms with Crippen LogP contribution < -0.4 is 14.8 Å². The molecule has 1 aromatic heterocycles. The van der Waals surface area contributed by atoms with Crippen LogP contribution in [-0.4, -0.2) is 20.9 Å². The van der Waals surface area contributed by atoms with Crippen molar-refractivity contribution < 1.29 is 22.4 Å². The second-order valence-corrected chi connectivity index (χ2v) is 9.18. The Morgan fingerprint density at radius 2 is 1.84 bits per heavy atom. The Labute approximate surface area is 188 Å². The molecule has 0 bridgehead atoms. The van der Waals surface area contributed by atoms with E-state index in [9.17, 15) is 13.2 Å². The first-order valence-electron chi connectivity index (χ1n) is 10.0. The maximum atomic E-state index is 12.5. The number of furan rings is 1. The topological polar surface area (TPSA) is 97.6 Å². The molecule has 1 heterocycles. The fraction of sp³-hybridized carbons (Fsp3) is 0.208. The van der Waals surface area contributed by atoms with Gasteiger partial charge >= 0.3 is 0 Å². The van der Waals surface area contributed by atoms with E-state index in [-0.39, 0.29) is 24.7 Å². The number of hydrogen-bond donors (Lipinski definition) is 2. The molecule has 2 N–H and O–H groups in total. The van der Waals surface area contributed by atoms with E-state index < -0.39 is 15.9 Å². The summed E-state index contributed by atoms with van der Waals surface area (Å²) in [5, 5.41) is 2.73. The molecule has 3 aromatic rings. The molecule has 0 spiro atoms. The third-order valence-corrected chi connectivity index (χ3v) is 5.92. The van der Waals surface area contributed by atoms with Crippen LogP contribution in [0.15, 0.2) is 71.7 Å². The molecule has 3 rings (SSSR count). The van der Waals surface area contributed by atoms with Crippen molar-refractivity contribution >= 4 is 21.6 Å². The van der Waals surface area contributed by atoms with Crippen molar-refractivity contribution in [3.8, 4) is 5.75 Å². The molecule has 1 amide bonds. The van der Waals surface area contributed by atoms with E-state index in [1.807, 2.05) is 32.0 Å². The van der Waals surface area contributed by atoms with Crippen molar-refractivity contribution in [2.45, 2.75) is 26.2 Å². The van der Waals surface area contributed by atoms with Gasteiger partial charge in [0.25, 0.3) is 5.91 Å². The summed E-state index contributed by atoms with van der Waals surface area (Å²) < 4.78 is 37.7. The maximum absolute atomic E-state index is 12.5. The lowest BCUT2D eigenvalue weighted by Gasteiger charge is -2.08. The van der Waals surface area contributed by atoms with Crippen molar-refractivity contribution in [2.75, 3.05) is 11.9 Å². The number of carbonyl (C=O) groups is 1. The maximum Gasteiger partial charge on any atom is 0.291 e. The van der Waals surface area contributed by atoms with Gasteiger partial charge in [-0.3, -0.25) is 4.79 Å². The molecule has 0 saturated heterocycles. The van der Waals surface area contributed by atoms with Gasteiger partial charge in [0.15, 0.2) is 5.76 Å². The van der Waals surface area contributed by atoms with Gasteiger partial charge in [0.2, 0.25) is 10.0 Å². The molecule has 32 heavy (non-hydrogen) atoms.